The second kappa shape index (κ2) is 9.13. The van der Waals surface area contributed by atoms with Gasteiger partial charge in [-0.05, 0) is 61.2 Å². The maximum atomic E-state index is 12.3. The number of anilines is 3. The van der Waals surface area contributed by atoms with Crippen molar-refractivity contribution in [2.75, 3.05) is 28.6 Å². The highest BCUT2D eigenvalue weighted by Gasteiger charge is 2.17. The number of nitrogens with zero attached hydrogens (tertiary/aromatic N) is 3. The van der Waals surface area contributed by atoms with E-state index in [-0.39, 0.29) is 6.03 Å². The highest BCUT2D eigenvalue weighted by molar-refractivity contribution is 6.30. The Kier molecular flexibility index (Phi) is 6.14. The lowest BCUT2D eigenvalue weighted by Gasteiger charge is -2.30. The lowest BCUT2D eigenvalue weighted by molar-refractivity contribution is 0.262. The molecule has 2 amide bonds. The SMILES string of the molecule is CC1CCN(c2ccc(-c3cccc(NC(=O)Nc4cccc(Cl)c4)c3)nn2)CC1. The van der Waals surface area contributed by atoms with Crippen molar-refractivity contribution < 1.29 is 4.79 Å². The van der Waals surface area contributed by atoms with Gasteiger partial charge in [-0.3, -0.25) is 0 Å². The van der Waals surface area contributed by atoms with E-state index in [9.17, 15) is 4.79 Å². The molecule has 154 valence electrons. The van der Waals surface area contributed by atoms with E-state index in [0.29, 0.717) is 16.4 Å². The van der Waals surface area contributed by atoms with Gasteiger partial charge in [-0.25, -0.2) is 4.79 Å². The molecule has 0 aliphatic carbocycles. The van der Waals surface area contributed by atoms with Crippen LogP contribution in [-0.4, -0.2) is 29.3 Å². The number of hydrogen-bond donors (Lipinski definition) is 2. The number of piperidine rings is 1. The number of urea groups is 1. The molecule has 30 heavy (non-hydrogen) atoms. The number of carbonyl (C=O) groups is 1. The largest absolute Gasteiger partial charge is 0.355 e. The zero-order valence-corrected chi connectivity index (χ0v) is 17.6. The molecule has 4 rings (SSSR count). The predicted octanol–water partition coefficient (Wildman–Crippen LogP) is 5.68. The first kappa shape index (κ1) is 20.2. The number of halogens is 1. The normalized spacial score (nSPS) is 14.4. The lowest BCUT2D eigenvalue weighted by Crippen LogP contribution is -2.33. The van der Waals surface area contributed by atoms with Crippen molar-refractivity contribution in [2.45, 2.75) is 19.8 Å². The molecule has 1 aliphatic heterocycles. The first-order valence-corrected chi connectivity index (χ1v) is 10.5. The average Bonchev–Trinajstić information content (AvgIpc) is 2.74. The first-order valence-electron chi connectivity index (χ1n) is 10.1. The summed E-state index contributed by atoms with van der Waals surface area (Å²) in [5.74, 6) is 1.70. The third-order valence-corrected chi connectivity index (χ3v) is 5.49. The molecule has 0 bridgehead atoms. The van der Waals surface area contributed by atoms with Crippen molar-refractivity contribution in [1.82, 2.24) is 10.2 Å². The summed E-state index contributed by atoms with van der Waals surface area (Å²) in [7, 11) is 0. The van der Waals surface area contributed by atoms with Gasteiger partial charge in [-0.1, -0.05) is 36.7 Å². The van der Waals surface area contributed by atoms with Crippen LogP contribution >= 0.6 is 11.6 Å². The lowest BCUT2D eigenvalue weighted by atomic mass is 9.99. The maximum Gasteiger partial charge on any atom is 0.323 e. The van der Waals surface area contributed by atoms with E-state index in [1.165, 1.54) is 12.8 Å². The fraction of sp³-hybridized carbons (Fsp3) is 0.261. The molecule has 6 nitrogen and oxygen atoms in total. The van der Waals surface area contributed by atoms with Gasteiger partial charge in [-0.2, -0.15) is 0 Å². The molecular weight excluding hydrogens is 398 g/mol. The van der Waals surface area contributed by atoms with Crippen LogP contribution in [0.4, 0.5) is 22.0 Å². The highest BCUT2D eigenvalue weighted by atomic mass is 35.5. The molecule has 0 spiro atoms. The molecule has 0 saturated carbocycles. The third kappa shape index (κ3) is 5.07. The summed E-state index contributed by atoms with van der Waals surface area (Å²) < 4.78 is 0. The Morgan fingerprint density at radius 1 is 0.967 bits per heavy atom. The summed E-state index contributed by atoms with van der Waals surface area (Å²) >= 11 is 5.96. The molecule has 0 radical (unpaired) electrons. The molecule has 2 heterocycles. The third-order valence-electron chi connectivity index (χ3n) is 5.26. The van der Waals surface area contributed by atoms with Gasteiger partial charge in [0.25, 0.3) is 0 Å². The molecule has 1 saturated heterocycles. The number of nitrogens with one attached hydrogen (secondary N) is 2. The molecule has 1 aromatic heterocycles. The number of carbonyl (C=O) groups excluding carboxylic acids is 1. The summed E-state index contributed by atoms with van der Waals surface area (Å²) in [5, 5.41) is 15.0. The van der Waals surface area contributed by atoms with E-state index in [0.717, 1.165) is 36.1 Å². The highest BCUT2D eigenvalue weighted by Crippen LogP contribution is 2.24. The summed E-state index contributed by atoms with van der Waals surface area (Å²) in [4.78, 5) is 14.6. The van der Waals surface area contributed by atoms with Gasteiger partial charge >= 0.3 is 6.03 Å². The molecule has 3 aromatic rings. The number of amides is 2. The van der Waals surface area contributed by atoms with Crippen LogP contribution in [0.1, 0.15) is 19.8 Å². The van der Waals surface area contributed by atoms with Crippen LogP contribution in [0.5, 0.6) is 0 Å². The number of aromatic nitrogens is 2. The molecular formula is C23H24ClN5O. The standard InChI is InChI=1S/C23H24ClN5O/c1-16-10-12-29(13-11-16)22-9-8-21(27-28-22)17-4-2-6-19(14-17)25-23(30)26-20-7-3-5-18(24)15-20/h2-9,14-16H,10-13H2,1H3,(H2,25,26,30). The van der Waals surface area contributed by atoms with Gasteiger partial charge in [0.1, 0.15) is 0 Å². The molecule has 0 atom stereocenters. The van der Waals surface area contributed by atoms with E-state index in [4.69, 9.17) is 11.6 Å². The van der Waals surface area contributed by atoms with E-state index >= 15 is 0 Å². The molecule has 1 fully saturated rings. The van der Waals surface area contributed by atoms with Crippen LogP contribution < -0.4 is 15.5 Å². The van der Waals surface area contributed by atoms with E-state index in [2.05, 4.69) is 32.7 Å². The van der Waals surface area contributed by atoms with E-state index < -0.39 is 0 Å². The molecule has 2 N–H and O–H groups in total. The Bertz CT molecular complexity index is 1020. The van der Waals surface area contributed by atoms with E-state index in [1.807, 2.05) is 36.4 Å². The molecule has 0 unspecified atom stereocenters. The minimum absolute atomic E-state index is 0.338. The van der Waals surface area contributed by atoms with Crippen LogP contribution in [0.3, 0.4) is 0 Å². The minimum atomic E-state index is -0.338. The summed E-state index contributed by atoms with van der Waals surface area (Å²) in [6.07, 6.45) is 2.38. The Hall–Kier alpha value is -3.12. The topological polar surface area (TPSA) is 70.2 Å². The Morgan fingerprint density at radius 2 is 1.67 bits per heavy atom. The molecule has 2 aromatic carbocycles. The summed E-state index contributed by atoms with van der Waals surface area (Å²) in [6.45, 7) is 4.34. The Morgan fingerprint density at radius 3 is 2.33 bits per heavy atom. The van der Waals surface area contributed by atoms with Crippen molar-refractivity contribution in [3.05, 3.63) is 65.7 Å². The minimum Gasteiger partial charge on any atom is -0.355 e. The van der Waals surface area contributed by atoms with Crippen LogP contribution in [-0.2, 0) is 0 Å². The maximum absolute atomic E-state index is 12.3. The summed E-state index contributed by atoms with van der Waals surface area (Å²) in [6, 6.07) is 18.2. The van der Waals surface area contributed by atoms with E-state index in [1.54, 1.807) is 24.3 Å². The van der Waals surface area contributed by atoms with Crippen molar-refractivity contribution in [1.29, 1.82) is 0 Å². The number of hydrogen-bond acceptors (Lipinski definition) is 4. The Balaban J connectivity index is 1.42. The first-order chi connectivity index (χ1) is 14.6. The molecule has 1 aliphatic rings. The second-order valence-corrected chi connectivity index (χ2v) is 8.05. The quantitative estimate of drug-likeness (QED) is 0.568. The van der Waals surface area contributed by atoms with Crippen molar-refractivity contribution in [2.24, 2.45) is 5.92 Å². The van der Waals surface area contributed by atoms with Gasteiger partial charge < -0.3 is 15.5 Å². The smallest absolute Gasteiger partial charge is 0.323 e. The van der Waals surface area contributed by atoms with Gasteiger partial charge in [-0.15, -0.1) is 10.2 Å². The second-order valence-electron chi connectivity index (χ2n) is 7.62. The van der Waals surface area contributed by atoms with Crippen molar-refractivity contribution in [3.8, 4) is 11.3 Å². The van der Waals surface area contributed by atoms with Crippen LogP contribution in [0.2, 0.25) is 5.02 Å². The Labute approximate surface area is 181 Å². The molecule has 7 heteroatoms. The van der Waals surface area contributed by atoms with Gasteiger partial charge in [0.05, 0.1) is 5.69 Å². The van der Waals surface area contributed by atoms with Crippen molar-refractivity contribution >= 4 is 34.8 Å². The number of benzene rings is 2. The zero-order chi connectivity index (χ0) is 20.9. The number of rotatable bonds is 4. The van der Waals surface area contributed by atoms with Gasteiger partial charge in [0.15, 0.2) is 5.82 Å². The monoisotopic (exact) mass is 421 g/mol. The average molecular weight is 422 g/mol. The van der Waals surface area contributed by atoms with Crippen molar-refractivity contribution in [3.63, 3.8) is 0 Å². The van der Waals surface area contributed by atoms with Crippen LogP contribution in [0.15, 0.2) is 60.7 Å². The van der Waals surface area contributed by atoms with Crippen LogP contribution in [0, 0.1) is 5.92 Å². The van der Waals surface area contributed by atoms with Gasteiger partial charge in [0.2, 0.25) is 0 Å². The fourth-order valence-corrected chi connectivity index (χ4v) is 3.69. The predicted molar refractivity (Wildman–Crippen MR) is 122 cm³/mol. The van der Waals surface area contributed by atoms with Gasteiger partial charge in [0, 0.05) is 35.1 Å². The fourth-order valence-electron chi connectivity index (χ4n) is 3.50. The van der Waals surface area contributed by atoms with Crippen LogP contribution in [0.25, 0.3) is 11.3 Å². The summed E-state index contributed by atoms with van der Waals surface area (Å²) in [5.41, 5.74) is 2.96. The zero-order valence-electron chi connectivity index (χ0n) is 16.8.